The van der Waals surface area contributed by atoms with Crippen LogP contribution in [0.5, 0.6) is 5.75 Å². The number of urea groups is 1. The van der Waals surface area contributed by atoms with Crippen molar-refractivity contribution in [2.45, 2.75) is 13.5 Å². The molecule has 9 heteroatoms. The molecule has 0 spiro atoms. The molecule has 0 bridgehead atoms. The lowest BCUT2D eigenvalue weighted by atomic mass is 10.2. The third kappa shape index (κ3) is 6.37. The summed E-state index contributed by atoms with van der Waals surface area (Å²) in [5, 5.41) is 5.23. The van der Waals surface area contributed by atoms with Gasteiger partial charge in [0.15, 0.2) is 0 Å². The monoisotopic (exact) mass is 597 g/mol. The van der Waals surface area contributed by atoms with Crippen LogP contribution in [-0.4, -0.2) is 29.3 Å². The Morgan fingerprint density at radius 1 is 1.06 bits per heavy atom. The van der Waals surface area contributed by atoms with E-state index >= 15 is 0 Å². The van der Waals surface area contributed by atoms with Gasteiger partial charge in [0.05, 0.1) is 4.47 Å². The van der Waals surface area contributed by atoms with Gasteiger partial charge in [-0.3, -0.25) is 9.59 Å². The minimum absolute atomic E-state index is 0.0915. The summed E-state index contributed by atoms with van der Waals surface area (Å²) in [5.74, 6) is -0.386. The lowest BCUT2D eigenvalue weighted by Gasteiger charge is -2.12. The Morgan fingerprint density at radius 3 is 2.54 bits per heavy atom. The quantitative estimate of drug-likeness (QED) is 0.272. The molecule has 0 aromatic heterocycles. The molecule has 178 valence electrons. The highest BCUT2D eigenvalue weighted by Gasteiger charge is 2.34. The van der Waals surface area contributed by atoms with E-state index < -0.39 is 17.8 Å². The maximum Gasteiger partial charge on any atom is 0.329 e. The van der Waals surface area contributed by atoms with Gasteiger partial charge in [0.2, 0.25) is 5.91 Å². The Bertz CT molecular complexity index is 1320. The Balaban J connectivity index is 1.39. The number of rotatable bonds is 7. The van der Waals surface area contributed by atoms with E-state index in [0.717, 1.165) is 20.5 Å². The number of halogens is 2. The third-order valence-electron chi connectivity index (χ3n) is 5.14. The van der Waals surface area contributed by atoms with E-state index in [-0.39, 0.29) is 12.2 Å². The molecule has 0 aliphatic carbocycles. The SMILES string of the molecule is Cc1cccc(NC(=O)CN2C(=O)N/C(=C/c3ccc(OCc4ccc(Br)cc4)c(Br)c3)C2=O)c1. The molecule has 0 unspecified atom stereocenters. The van der Waals surface area contributed by atoms with Crippen LogP contribution in [0.25, 0.3) is 6.08 Å². The average molecular weight is 599 g/mol. The highest BCUT2D eigenvalue weighted by atomic mass is 79.9. The predicted molar refractivity (Wildman–Crippen MR) is 141 cm³/mol. The van der Waals surface area contributed by atoms with Crippen LogP contribution in [0.1, 0.15) is 16.7 Å². The van der Waals surface area contributed by atoms with Crippen molar-refractivity contribution in [3.63, 3.8) is 0 Å². The van der Waals surface area contributed by atoms with Crippen LogP contribution >= 0.6 is 31.9 Å². The number of nitrogens with zero attached hydrogens (tertiary/aromatic N) is 1. The van der Waals surface area contributed by atoms with Crippen LogP contribution in [0.15, 0.2) is 81.4 Å². The summed E-state index contributed by atoms with van der Waals surface area (Å²) in [7, 11) is 0. The predicted octanol–water partition coefficient (Wildman–Crippen LogP) is 5.63. The van der Waals surface area contributed by atoms with E-state index in [1.807, 2.05) is 43.3 Å². The number of imide groups is 1. The van der Waals surface area contributed by atoms with Gasteiger partial charge in [-0.05, 0) is 82.0 Å². The van der Waals surface area contributed by atoms with Gasteiger partial charge in [0.1, 0.15) is 24.6 Å². The number of hydrogen-bond acceptors (Lipinski definition) is 4. The Kier molecular flexibility index (Phi) is 7.67. The van der Waals surface area contributed by atoms with Gasteiger partial charge in [-0.15, -0.1) is 0 Å². The molecule has 1 aliphatic rings. The standard InChI is InChI=1S/C26H21Br2N3O4/c1-16-3-2-4-20(11-16)29-24(32)14-31-25(33)22(30-26(31)34)13-18-7-10-23(21(28)12-18)35-15-17-5-8-19(27)9-6-17/h2-13H,14-15H2,1H3,(H,29,32)(H,30,34)/b22-13+. The molecule has 1 saturated heterocycles. The highest BCUT2D eigenvalue weighted by molar-refractivity contribution is 9.10. The fourth-order valence-electron chi connectivity index (χ4n) is 3.41. The van der Waals surface area contributed by atoms with Crippen LogP contribution in [0, 0.1) is 6.92 Å². The van der Waals surface area contributed by atoms with Crippen molar-refractivity contribution in [3.05, 3.63) is 98.1 Å². The minimum atomic E-state index is -0.644. The van der Waals surface area contributed by atoms with Crippen LogP contribution in [0.4, 0.5) is 10.5 Å². The molecule has 0 saturated carbocycles. The summed E-state index contributed by atoms with van der Waals surface area (Å²) >= 11 is 6.90. The first kappa shape index (κ1) is 24.7. The molecule has 2 N–H and O–H groups in total. The summed E-state index contributed by atoms with van der Waals surface area (Å²) in [6.07, 6.45) is 1.56. The smallest absolute Gasteiger partial charge is 0.329 e. The van der Waals surface area contributed by atoms with Crippen molar-refractivity contribution < 1.29 is 19.1 Å². The summed E-state index contributed by atoms with van der Waals surface area (Å²) in [6.45, 7) is 1.92. The van der Waals surface area contributed by atoms with Crippen molar-refractivity contribution in [1.82, 2.24) is 10.2 Å². The Labute approximate surface area is 219 Å². The summed E-state index contributed by atoms with van der Waals surface area (Å²) in [6, 6.07) is 19.8. The normalized spacial score (nSPS) is 14.3. The molecule has 3 aromatic rings. The molecule has 4 amide bonds. The number of anilines is 1. The van der Waals surface area contributed by atoms with Crippen molar-refractivity contribution in [3.8, 4) is 5.75 Å². The topological polar surface area (TPSA) is 87.7 Å². The molecule has 7 nitrogen and oxygen atoms in total. The van der Waals surface area contributed by atoms with Crippen LogP contribution < -0.4 is 15.4 Å². The van der Waals surface area contributed by atoms with Crippen LogP contribution in [0.3, 0.4) is 0 Å². The number of hydrogen-bond donors (Lipinski definition) is 2. The Hall–Kier alpha value is -3.43. The number of carbonyl (C=O) groups excluding carboxylic acids is 3. The van der Waals surface area contributed by atoms with Gasteiger partial charge < -0.3 is 15.4 Å². The fraction of sp³-hybridized carbons (Fsp3) is 0.115. The van der Waals surface area contributed by atoms with Crippen molar-refractivity contribution in [1.29, 1.82) is 0 Å². The van der Waals surface area contributed by atoms with E-state index in [0.29, 0.717) is 28.1 Å². The van der Waals surface area contributed by atoms with Gasteiger partial charge >= 0.3 is 6.03 Å². The fourth-order valence-corrected chi connectivity index (χ4v) is 4.19. The first-order valence-corrected chi connectivity index (χ1v) is 12.2. The van der Waals surface area contributed by atoms with Crippen LogP contribution in [-0.2, 0) is 16.2 Å². The van der Waals surface area contributed by atoms with Gasteiger partial charge in [-0.2, -0.15) is 0 Å². The zero-order valence-electron chi connectivity index (χ0n) is 18.7. The zero-order chi connectivity index (χ0) is 24.9. The molecule has 0 radical (unpaired) electrons. The van der Waals surface area contributed by atoms with Gasteiger partial charge in [-0.25, -0.2) is 9.69 Å². The van der Waals surface area contributed by atoms with Crippen molar-refractivity contribution in [2.24, 2.45) is 0 Å². The van der Waals surface area contributed by atoms with Gasteiger partial charge in [0.25, 0.3) is 5.91 Å². The third-order valence-corrected chi connectivity index (χ3v) is 6.29. The maximum atomic E-state index is 12.8. The summed E-state index contributed by atoms with van der Waals surface area (Å²) in [5.41, 5.74) is 3.39. The molecule has 3 aromatic carbocycles. The van der Waals surface area contributed by atoms with E-state index in [2.05, 4.69) is 42.5 Å². The van der Waals surface area contributed by atoms with Gasteiger partial charge in [0, 0.05) is 10.2 Å². The number of nitrogens with one attached hydrogen (secondary N) is 2. The number of benzene rings is 3. The molecule has 35 heavy (non-hydrogen) atoms. The molecule has 4 rings (SSSR count). The minimum Gasteiger partial charge on any atom is -0.488 e. The van der Waals surface area contributed by atoms with E-state index in [1.54, 1.807) is 36.4 Å². The van der Waals surface area contributed by atoms with Gasteiger partial charge in [-0.1, -0.05) is 46.3 Å². The Morgan fingerprint density at radius 2 is 1.83 bits per heavy atom. The number of carbonyl (C=O) groups is 3. The lowest BCUT2D eigenvalue weighted by Crippen LogP contribution is -2.38. The summed E-state index contributed by atoms with van der Waals surface area (Å²) < 4.78 is 7.57. The second-order valence-electron chi connectivity index (χ2n) is 7.90. The largest absolute Gasteiger partial charge is 0.488 e. The molecular weight excluding hydrogens is 578 g/mol. The molecule has 1 fully saturated rings. The molecular formula is C26H21Br2N3O4. The summed E-state index contributed by atoms with van der Waals surface area (Å²) in [4.78, 5) is 38.3. The number of amides is 4. The molecule has 1 heterocycles. The van der Waals surface area contributed by atoms with E-state index in [1.165, 1.54) is 0 Å². The average Bonchev–Trinajstić information content (AvgIpc) is 3.07. The first-order valence-electron chi connectivity index (χ1n) is 10.7. The maximum absolute atomic E-state index is 12.8. The molecule has 0 atom stereocenters. The van der Waals surface area contributed by atoms with E-state index in [9.17, 15) is 14.4 Å². The zero-order valence-corrected chi connectivity index (χ0v) is 21.9. The lowest BCUT2D eigenvalue weighted by molar-refractivity contribution is -0.127. The number of aryl methyl sites for hydroxylation is 1. The van der Waals surface area contributed by atoms with Crippen molar-refractivity contribution in [2.75, 3.05) is 11.9 Å². The first-order chi connectivity index (χ1) is 16.8. The second kappa shape index (κ2) is 10.9. The van der Waals surface area contributed by atoms with Crippen molar-refractivity contribution >= 4 is 61.5 Å². The number of ether oxygens (including phenoxy) is 1. The highest BCUT2D eigenvalue weighted by Crippen LogP contribution is 2.28. The van der Waals surface area contributed by atoms with E-state index in [4.69, 9.17) is 4.74 Å². The molecule has 1 aliphatic heterocycles. The second-order valence-corrected chi connectivity index (χ2v) is 9.67. The van der Waals surface area contributed by atoms with Crippen LogP contribution in [0.2, 0.25) is 0 Å².